The summed E-state index contributed by atoms with van der Waals surface area (Å²) in [5.41, 5.74) is 0.199. The predicted octanol–water partition coefficient (Wildman–Crippen LogP) is 1.81. The molecule has 4 heteroatoms. The molecule has 3 nitrogen and oxygen atoms in total. The number of carbonyl (C=O) groups excluding carboxylic acids is 2. The second kappa shape index (κ2) is 7.76. The van der Waals surface area contributed by atoms with Gasteiger partial charge in [-0.2, -0.15) is 0 Å². The number of ether oxygens (including phenoxy) is 1. The number of allylic oxidation sites excluding steroid dienone is 2. The van der Waals surface area contributed by atoms with Gasteiger partial charge in [-0.15, -0.1) is 0 Å². The largest absolute Gasteiger partial charge is 0.462 e. The van der Waals surface area contributed by atoms with Crippen molar-refractivity contribution in [3.05, 3.63) is 27.9 Å². The fourth-order valence-corrected chi connectivity index (χ4v) is 0.801. The van der Waals surface area contributed by atoms with Crippen LogP contribution in [0.15, 0.2) is 27.9 Å². The highest BCUT2D eigenvalue weighted by molar-refractivity contribution is 14.1. The third-order valence-electron chi connectivity index (χ3n) is 1.07. The summed E-state index contributed by atoms with van der Waals surface area (Å²) in [5.74, 6) is 1.02. The first-order valence-electron chi connectivity index (χ1n) is 3.61. The highest BCUT2D eigenvalue weighted by atomic mass is 127. The van der Waals surface area contributed by atoms with Crippen LogP contribution in [0.25, 0.3) is 0 Å². The van der Waals surface area contributed by atoms with Crippen molar-refractivity contribution in [1.29, 1.82) is 0 Å². The molecule has 0 heterocycles. The monoisotopic (exact) mass is 292 g/mol. The van der Waals surface area contributed by atoms with E-state index in [1.54, 1.807) is 17.1 Å². The molecule has 13 heavy (non-hydrogen) atoms. The molecule has 70 valence electrons. The number of halogens is 1. The Morgan fingerprint density at radius 3 is 2.77 bits per heavy atom. The Hall–Kier alpha value is -0.870. The fraction of sp³-hybridized carbons (Fsp3) is 0.222. The van der Waals surface area contributed by atoms with E-state index in [4.69, 9.17) is 4.74 Å². The van der Waals surface area contributed by atoms with E-state index in [-0.39, 0.29) is 12.2 Å². The number of hydrogen-bond donors (Lipinski definition) is 0. The van der Waals surface area contributed by atoms with Crippen molar-refractivity contribution in [2.75, 3.05) is 6.61 Å². The molecule has 0 aliphatic heterocycles. The summed E-state index contributed by atoms with van der Waals surface area (Å²) in [6.07, 6.45) is 4.19. The lowest BCUT2D eigenvalue weighted by molar-refractivity contribution is -0.138. The maximum Gasteiger partial charge on any atom is 0.338 e. The van der Waals surface area contributed by atoms with E-state index in [0.717, 1.165) is 6.08 Å². The Morgan fingerprint density at radius 1 is 1.62 bits per heavy atom. The van der Waals surface area contributed by atoms with Gasteiger partial charge in [0.1, 0.15) is 5.94 Å². The molecule has 0 aromatic carbocycles. The maximum absolute atomic E-state index is 11.1. The van der Waals surface area contributed by atoms with Gasteiger partial charge in [-0.1, -0.05) is 28.7 Å². The van der Waals surface area contributed by atoms with Crippen LogP contribution in [0.1, 0.15) is 6.92 Å². The summed E-state index contributed by atoms with van der Waals surface area (Å²) >= 11 is 2.00. The Kier molecular flexibility index (Phi) is 7.24. The van der Waals surface area contributed by atoms with Crippen molar-refractivity contribution in [2.45, 2.75) is 6.92 Å². The lowest BCUT2D eigenvalue weighted by Crippen LogP contribution is -2.05. The lowest BCUT2D eigenvalue weighted by Gasteiger charge is -1.99. The SMILES string of the molecule is CCOC(=O)/C(C=C=O)=C/C=C/I. The second-order valence-corrected chi connectivity index (χ2v) is 2.64. The van der Waals surface area contributed by atoms with Crippen molar-refractivity contribution < 1.29 is 14.3 Å². The van der Waals surface area contributed by atoms with Crippen LogP contribution in [0, 0.1) is 0 Å². The predicted molar refractivity (Wildman–Crippen MR) is 58.1 cm³/mol. The van der Waals surface area contributed by atoms with E-state index < -0.39 is 5.97 Å². The van der Waals surface area contributed by atoms with Crippen LogP contribution >= 0.6 is 22.6 Å². The molecule has 0 aliphatic carbocycles. The summed E-state index contributed by atoms with van der Waals surface area (Å²) in [4.78, 5) is 21.1. The maximum atomic E-state index is 11.1. The van der Waals surface area contributed by atoms with Crippen LogP contribution in [0.5, 0.6) is 0 Å². The average molecular weight is 292 g/mol. The van der Waals surface area contributed by atoms with Crippen LogP contribution in [-0.2, 0) is 14.3 Å². The first-order chi connectivity index (χ1) is 6.26. The zero-order valence-electron chi connectivity index (χ0n) is 7.12. The summed E-state index contributed by atoms with van der Waals surface area (Å²) in [7, 11) is 0. The molecule has 0 radical (unpaired) electrons. The van der Waals surface area contributed by atoms with Crippen molar-refractivity contribution in [3.63, 3.8) is 0 Å². The summed E-state index contributed by atoms with van der Waals surface area (Å²) < 4.78 is 6.42. The number of carbonyl (C=O) groups is 1. The molecule has 0 fully saturated rings. The van der Waals surface area contributed by atoms with Gasteiger partial charge in [-0.05, 0) is 17.1 Å². The van der Waals surface area contributed by atoms with Crippen molar-refractivity contribution in [1.82, 2.24) is 0 Å². The molecule has 0 bridgehead atoms. The molecule has 0 aromatic heterocycles. The Bertz CT molecular complexity index is 273. The topological polar surface area (TPSA) is 43.4 Å². The van der Waals surface area contributed by atoms with E-state index in [0.29, 0.717) is 0 Å². The molecule has 0 atom stereocenters. The van der Waals surface area contributed by atoms with Gasteiger partial charge < -0.3 is 4.74 Å². The Labute approximate surface area is 90.3 Å². The third kappa shape index (κ3) is 5.38. The molecule has 0 N–H and O–H groups in total. The van der Waals surface area contributed by atoms with Gasteiger partial charge in [0.15, 0.2) is 0 Å². The number of rotatable bonds is 4. The molecule has 0 aliphatic rings. The highest BCUT2D eigenvalue weighted by Crippen LogP contribution is 2.00. The summed E-state index contributed by atoms with van der Waals surface area (Å²) in [6, 6.07) is 0. The van der Waals surface area contributed by atoms with Crippen LogP contribution in [-0.4, -0.2) is 18.5 Å². The van der Waals surface area contributed by atoms with Crippen LogP contribution in [0.2, 0.25) is 0 Å². The Balaban J connectivity index is 4.59. The molecule has 0 spiro atoms. The average Bonchev–Trinajstić information content (AvgIpc) is 2.12. The van der Waals surface area contributed by atoms with E-state index in [1.165, 1.54) is 12.0 Å². The zero-order valence-corrected chi connectivity index (χ0v) is 9.28. The Morgan fingerprint density at radius 2 is 2.31 bits per heavy atom. The standard InChI is InChI=1S/C9H9IO3/c1-2-13-9(12)8(5-7-11)4-3-6-10/h3-6H,2H2,1H3/b6-3+,8-4+. The molecular formula is C9H9IO3. The van der Waals surface area contributed by atoms with Gasteiger partial charge in [-0.3, -0.25) is 0 Å². The minimum Gasteiger partial charge on any atom is -0.462 e. The zero-order chi connectivity index (χ0) is 10.1. The van der Waals surface area contributed by atoms with Gasteiger partial charge in [0.25, 0.3) is 0 Å². The van der Waals surface area contributed by atoms with E-state index in [9.17, 15) is 9.59 Å². The normalized spacial score (nSPS) is 11.1. The molecule has 0 saturated carbocycles. The smallest absolute Gasteiger partial charge is 0.338 e. The van der Waals surface area contributed by atoms with Gasteiger partial charge in [-0.25, -0.2) is 9.59 Å². The van der Waals surface area contributed by atoms with Crippen LogP contribution in [0.3, 0.4) is 0 Å². The second-order valence-electron chi connectivity index (χ2n) is 1.92. The molecule has 0 aromatic rings. The van der Waals surface area contributed by atoms with E-state index in [1.807, 2.05) is 22.6 Å². The third-order valence-corrected chi connectivity index (χ3v) is 1.49. The van der Waals surface area contributed by atoms with Crippen molar-refractivity contribution in [2.24, 2.45) is 0 Å². The van der Waals surface area contributed by atoms with Crippen LogP contribution in [0.4, 0.5) is 0 Å². The number of hydrogen-bond acceptors (Lipinski definition) is 3. The molecule has 0 unspecified atom stereocenters. The summed E-state index contributed by atoms with van der Waals surface area (Å²) in [5, 5.41) is 0. The minimum absolute atomic E-state index is 0.199. The first-order valence-corrected chi connectivity index (χ1v) is 4.85. The summed E-state index contributed by atoms with van der Waals surface area (Å²) in [6.45, 7) is 1.99. The van der Waals surface area contributed by atoms with Gasteiger partial charge in [0, 0.05) is 6.08 Å². The molecule has 0 saturated heterocycles. The minimum atomic E-state index is -0.514. The van der Waals surface area contributed by atoms with Crippen molar-refractivity contribution in [3.8, 4) is 0 Å². The van der Waals surface area contributed by atoms with Gasteiger partial charge in [0.05, 0.1) is 12.2 Å². The molecule has 0 amide bonds. The van der Waals surface area contributed by atoms with Gasteiger partial charge in [0.2, 0.25) is 0 Å². The van der Waals surface area contributed by atoms with Gasteiger partial charge >= 0.3 is 5.97 Å². The lowest BCUT2D eigenvalue weighted by atomic mass is 10.2. The fourth-order valence-electron chi connectivity index (χ4n) is 0.593. The van der Waals surface area contributed by atoms with E-state index >= 15 is 0 Å². The molecule has 0 rings (SSSR count). The number of esters is 1. The highest BCUT2D eigenvalue weighted by Gasteiger charge is 2.05. The van der Waals surface area contributed by atoms with Crippen molar-refractivity contribution >= 4 is 34.5 Å². The van der Waals surface area contributed by atoms with Crippen LogP contribution < -0.4 is 0 Å². The quantitative estimate of drug-likeness (QED) is 0.261. The molecular weight excluding hydrogens is 283 g/mol. The first kappa shape index (κ1) is 12.1. The van der Waals surface area contributed by atoms with E-state index in [2.05, 4.69) is 0 Å².